The lowest BCUT2D eigenvalue weighted by Gasteiger charge is -2.30. The molecule has 0 aliphatic carbocycles. The van der Waals surface area contributed by atoms with Crippen molar-refractivity contribution in [1.29, 1.82) is 0 Å². The summed E-state index contributed by atoms with van der Waals surface area (Å²) in [5, 5.41) is 0. The summed E-state index contributed by atoms with van der Waals surface area (Å²) in [7, 11) is 1.04. The number of carbonyl (C=O) groups excluding carboxylic acids is 4. The van der Waals surface area contributed by atoms with Gasteiger partial charge in [-0.15, -0.1) is 0 Å². The van der Waals surface area contributed by atoms with Crippen molar-refractivity contribution in [3.05, 3.63) is 36.0 Å². The number of carbonyl (C=O) groups is 4. The van der Waals surface area contributed by atoms with Gasteiger partial charge in [0, 0.05) is 25.7 Å². The fourth-order valence-electron chi connectivity index (χ4n) is 2.20. The van der Waals surface area contributed by atoms with E-state index in [-0.39, 0.29) is 5.69 Å². The number of methoxy groups -OCH3 is 1. The van der Waals surface area contributed by atoms with E-state index >= 15 is 0 Å². The van der Waals surface area contributed by atoms with Crippen LogP contribution in [0.3, 0.4) is 0 Å². The molecule has 0 bridgehead atoms. The summed E-state index contributed by atoms with van der Waals surface area (Å²) in [5.74, 6) is -5.15. The highest BCUT2D eigenvalue weighted by Gasteiger charge is 2.40. The van der Waals surface area contributed by atoms with Crippen LogP contribution in [0.1, 0.15) is 20.8 Å². The van der Waals surface area contributed by atoms with Crippen LogP contribution >= 0.6 is 0 Å². The number of cyclic esters (lactones) is 2. The molecule has 2 rings (SSSR count). The van der Waals surface area contributed by atoms with E-state index in [1.165, 1.54) is 26.0 Å². The molecule has 1 aromatic rings. The largest absolute Gasteiger partial charge is 0.494 e. The van der Waals surface area contributed by atoms with Crippen molar-refractivity contribution in [1.82, 2.24) is 0 Å². The van der Waals surface area contributed by atoms with Gasteiger partial charge in [-0.2, -0.15) is 0 Å². The van der Waals surface area contributed by atoms with Crippen molar-refractivity contribution in [2.45, 2.75) is 26.6 Å². The molecule has 1 aliphatic rings. The Bertz CT molecular complexity index is 772. The van der Waals surface area contributed by atoms with E-state index in [0.29, 0.717) is 12.4 Å². The Morgan fingerprint density at radius 3 is 2.15 bits per heavy atom. The molecule has 0 unspecified atom stereocenters. The molecule has 1 aliphatic heterocycles. The van der Waals surface area contributed by atoms with Gasteiger partial charge in [-0.3, -0.25) is 9.69 Å². The van der Waals surface area contributed by atoms with Crippen LogP contribution in [0.25, 0.3) is 0 Å². The van der Waals surface area contributed by atoms with Crippen molar-refractivity contribution in [3.8, 4) is 5.75 Å². The Morgan fingerprint density at radius 1 is 1.11 bits per heavy atom. The van der Waals surface area contributed by atoms with Crippen molar-refractivity contribution in [2.24, 2.45) is 0 Å². The Hall–Kier alpha value is -3.36. The van der Waals surface area contributed by atoms with Crippen LogP contribution in [0, 0.1) is 0 Å². The highest BCUT2D eigenvalue weighted by atomic mass is 16.7. The molecule has 144 valence electrons. The number of benzene rings is 1. The van der Waals surface area contributed by atoms with Gasteiger partial charge in [0.2, 0.25) is 0 Å². The van der Waals surface area contributed by atoms with E-state index in [2.05, 4.69) is 4.74 Å². The maximum absolute atomic E-state index is 12.4. The lowest BCUT2D eigenvalue weighted by atomic mass is 10.2. The number of rotatable bonds is 4. The van der Waals surface area contributed by atoms with Gasteiger partial charge in [-0.1, -0.05) is 0 Å². The normalized spacial score (nSPS) is 15.3. The highest BCUT2D eigenvalue weighted by molar-refractivity contribution is 6.39. The molecule has 1 heterocycles. The predicted molar refractivity (Wildman–Crippen MR) is 91.5 cm³/mol. The number of ether oxygens (including phenoxy) is 4. The number of amides is 1. The van der Waals surface area contributed by atoms with Crippen LogP contribution in [-0.2, 0) is 33.4 Å². The minimum atomic E-state index is -1.43. The first-order chi connectivity index (χ1) is 12.7. The van der Waals surface area contributed by atoms with Gasteiger partial charge in [-0.25, -0.2) is 14.4 Å². The van der Waals surface area contributed by atoms with E-state index in [9.17, 15) is 19.2 Å². The summed E-state index contributed by atoms with van der Waals surface area (Å²) in [5.41, 5.74) is -0.341. The molecule has 1 saturated heterocycles. The topological polar surface area (TPSA) is 108 Å². The summed E-state index contributed by atoms with van der Waals surface area (Å²) in [4.78, 5) is 49.1. The molecule has 1 fully saturated rings. The van der Waals surface area contributed by atoms with Crippen LogP contribution in [-0.4, -0.2) is 43.3 Å². The van der Waals surface area contributed by atoms with Crippen LogP contribution in [0.15, 0.2) is 36.0 Å². The van der Waals surface area contributed by atoms with E-state index in [4.69, 9.17) is 14.2 Å². The Labute approximate surface area is 155 Å². The van der Waals surface area contributed by atoms with Gasteiger partial charge in [-0.05, 0) is 31.2 Å². The molecule has 9 nitrogen and oxygen atoms in total. The van der Waals surface area contributed by atoms with E-state index in [1.54, 1.807) is 12.1 Å². The van der Waals surface area contributed by atoms with Gasteiger partial charge < -0.3 is 18.9 Å². The van der Waals surface area contributed by atoms with Gasteiger partial charge in [0.1, 0.15) is 5.75 Å². The second-order valence-corrected chi connectivity index (χ2v) is 5.82. The smallest absolute Gasteiger partial charge is 0.397 e. The number of hydrogen-bond donors (Lipinski definition) is 0. The fourth-order valence-corrected chi connectivity index (χ4v) is 2.20. The van der Waals surface area contributed by atoms with Gasteiger partial charge in [0.15, 0.2) is 5.57 Å². The first-order valence-electron chi connectivity index (χ1n) is 8.01. The summed E-state index contributed by atoms with van der Waals surface area (Å²) >= 11 is 0. The summed E-state index contributed by atoms with van der Waals surface area (Å²) in [6.07, 6.45) is 0.884. The van der Waals surface area contributed by atoms with E-state index in [0.717, 1.165) is 18.2 Å². The first kappa shape index (κ1) is 20.0. The second-order valence-electron chi connectivity index (χ2n) is 5.82. The molecule has 0 saturated carbocycles. The van der Waals surface area contributed by atoms with Crippen LogP contribution in [0.5, 0.6) is 5.75 Å². The Balaban J connectivity index is 2.44. The Kier molecular flexibility index (Phi) is 5.84. The zero-order valence-electron chi connectivity index (χ0n) is 15.3. The third kappa shape index (κ3) is 4.63. The van der Waals surface area contributed by atoms with Crippen molar-refractivity contribution in [2.75, 3.05) is 18.6 Å². The quantitative estimate of drug-likeness (QED) is 0.334. The monoisotopic (exact) mass is 377 g/mol. The number of hydrogen-bond acceptors (Lipinski definition) is 8. The van der Waals surface area contributed by atoms with Gasteiger partial charge >= 0.3 is 23.8 Å². The standard InChI is InChI=1S/C18H19NO8/c1-5-25-12-8-6-11(7-9-12)19(14(20)17(23)24-4)10-13-15(21)26-18(2,3)27-16(13)22/h6-10H,5H2,1-4H3. The molecule has 0 atom stereocenters. The van der Waals surface area contributed by atoms with Crippen molar-refractivity contribution < 1.29 is 38.1 Å². The Morgan fingerprint density at radius 2 is 1.67 bits per heavy atom. The zero-order chi connectivity index (χ0) is 20.2. The maximum Gasteiger partial charge on any atom is 0.397 e. The number of nitrogens with zero attached hydrogens (tertiary/aromatic N) is 1. The molecule has 1 amide bonds. The van der Waals surface area contributed by atoms with Crippen LogP contribution in [0.2, 0.25) is 0 Å². The third-order valence-corrected chi connectivity index (χ3v) is 3.38. The summed E-state index contributed by atoms with van der Waals surface area (Å²) in [6.45, 7) is 5.04. The minimum Gasteiger partial charge on any atom is -0.494 e. The number of esters is 3. The van der Waals surface area contributed by atoms with Crippen LogP contribution in [0.4, 0.5) is 5.69 Å². The second kappa shape index (κ2) is 7.90. The van der Waals surface area contributed by atoms with Crippen LogP contribution < -0.4 is 9.64 Å². The lowest BCUT2D eigenvalue weighted by molar-refractivity contribution is -0.222. The van der Waals surface area contributed by atoms with Crippen molar-refractivity contribution in [3.63, 3.8) is 0 Å². The summed E-state index contributed by atoms with van der Waals surface area (Å²) < 4.78 is 19.7. The molecule has 0 spiro atoms. The predicted octanol–water partition coefficient (Wildman–Crippen LogP) is 1.31. The molecular weight excluding hydrogens is 358 g/mol. The average Bonchev–Trinajstić information content (AvgIpc) is 2.60. The molecule has 1 aromatic carbocycles. The minimum absolute atomic E-state index is 0.201. The highest BCUT2D eigenvalue weighted by Crippen LogP contribution is 2.25. The number of anilines is 1. The van der Waals surface area contributed by atoms with Gasteiger partial charge in [0.25, 0.3) is 5.79 Å². The summed E-state index contributed by atoms with van der Waals surface area (Å²) in [6, 6.07) is 6.09. The average molecular weight is 377 g/mol. The third-order valence-electron chi connectivity index (χ3n) is 3.38. The van der Waals surface area contributed by atoms with E-state index < -0.39 is 35.2 Å². The first-order valence-corrected chi connectivity index (χ1v) is 8.01. The SMILES string of the molecule is CCOc1ccc(N(C=C2C(=O)OC(C)(C)OC2=O)C(=O)C(=O)OC)cc1. The lowest BCUT2D eigenvalue weighted by Crippen LogP contribution is -2.43. The van der Waals surface area contributed by atoms with Crippen molar-refractivity contribution >= 4 is 29.5 Å². The zero-order valence-corrected chi connectivity index (χ0v) is 15.3. The molecule has 0 radical (unpaired) electrons. The molecule has 0 aromatic heterocycles. The van der Waals surface area contributed by atoms with Gasteiger partial charge in [0.05, 0.1) is 13.7 Å². The molecular formula is C18H19NO8. The maximum atomic E-state index is 12.4. The molecule has 0 N–H and O–H groups in total. The van der Waals surface area contributed by atoms with E-state index in [1.807, 2.05) is 6.92 Å². The molecule has 9 heteroatoms. The molecule has 27 heavy (non-hydrogen) atoms. The fraction of sp³-hybridized carbons (Fsp3) is 0.333.